The summed E-state index contributed by atoms with van der Waals surface area (Å²) in [6.07, 6.45) is 23.3. The maximum Gasteiger partial charge on any atom is 0.105 e. The minimum Gasteiger partial charge on any atom is -0.338 e. The van der Waals surface area contributed by atoms with Crippen LogP contribution in [0.3, 0.4) is 0 Å². The Kier molecular flexibility index (Phi) is 12.0. The maximum absolute atomic E-state index is 4.57. The molecule has 1 aromatic heterocycles. The SMILES string of the molecule is CCCCCCCCCCCCCCCCc1cn(C)c(C)n1. The van der Waals surface area contributed by atoms with Gasteiger partial charge in [0.1, 0.15) is 5.82 Å². The van der Waals surface area contributed by atoms with Gasteiger partial charge in [-0.15, -0.1) is 0 Å². The topological polar surface area (TPSA) is 17.8 Å². The molecular formula is C21H40N2. The summed E-state index contributed by atoms with van der Waals surface area (Å²) in [4.78, 5) is 4.57. The summed E-state index contributed by atoms with van der Waals surface area (Å²) in [5, 5.41) is 0. The van der Waals surface area contributed by atoms with Crippen molar-refractivity contribution in [2.45, 2.75) is 110 Å². The van der Waals surface area contributed by atoms with Crippen molar-refractivity contribution in [3.63, 3.8) is 0 Å². The third-order valence-corrected chi connectivity index (χ3v) is 4.94. The van der Waals surface area contributed by atoms with E-state index in [2.05, 4.69) is 36.6 Å². The lowest BCUT2D eigenvalue weighted by Crippen LogP contribution is -1.87. The van der Waals surface area contributed by atoms with E-state index in [0.29, 0.717) is 0 Å². The molecule has 0 atom stereocenters. The number of nitrogens with zero attached hydrogens (tertiary/aromatic N) is 2. The second kappa shape index (κ2) is 13.6. The van der Waals surface area contributed by atoms with Crippen LogP contribution in [0, 0.1) is 6.92 Å². The monoisotopic (exact) mass is 320 g/mol. The molecule has 0 N–H and O–H groups in total. The number of aromatic nitrogens is 2. The number of hydrogen-bond donors (Lipinski definition) is 0. The van der Waals surface area contributed by atoms with Gasteiger partial charge in [0.15, 0.2) is 0 Å². The quantitative estimate of drug-likeness (QED) is 0.327. The Balaban J connectivity index is 1.78. The van der Waals surface area contributed by atoms with E-state index in [-0.39, 0.29) is 0 Å². The number of rotatable bonds is 15. The van der Waals surface area contributed by atoms with E-state index in [1.54, 1.807) is 0 Å². The Hall–Kier alpha value is -0.790. The largest absolute Gasteiger partial charge is 0.338 e. The fourth-order valence-corrected chi connectivity index (χ4v) is 3.25. The van der Waals surface area contributed by atoms with Crippen molar-refractivity contribution in [3.05, 3.63) is 17.7 Å². The highest BCUT2D eigenvalue weighted by Gasteiger charge is 2.00. The Morgan fingerprint density at radius 2 is 1.17 bits per heavy atom. The van der Waals surface area contributed by atoms with E-state index in [9.17, 15) is 0 Å². The molecular weight excluding hydrogens is 280 g/mol. The van der Waals surface area contributed by atoms with Gasteiger partial charge in [0, 0.05) is 13.2 Å². The standard InChI is InChI=1S/C21H40N2/c1-4-5-6-7-8-9-10-11-12-13-14-15-16-17-18-21-19-23(3)20(2)22-21/h19H,4-18H2,1-3H3. The van der Waals surface area contributed by atoms with Crippen LogP contribution in [-0.4, -0.2) is 9.55 Å². The molecule has 0 amide bonds. The predicted molar refractivity (Wildman–Crippen MR) is 102 cm³/mol. The van der Waals surface area contributed by atoms with Gasteiger partial charge in [0.2, 0.25) is 0 Å². The van der Waals surface area contributed by atoms with E-state index in [1.807, 2.05) is 0 Å². The molecule has 0 fully saturated rings. The summed E-state index contributed by atoms with van der Waals surface area (Å²) in [7, 11) is 2.08. The molecule has 0 aliphatic heterocycles. The summed E-state index contributed by atoms with van der Waals surface area (Å²) in [6, 6.07) is 0. The van der Waals surface area contributed by atoms with E-state index in [1.165, 1.54) is 95.6 Å². The van der Waals surface area contributed by atoms with Crippen LogP contribution in [0.2, 0.25) is 0 Å². The van der Waals surface area contributed by atoms with E-state index < -0.39 is 0 Å². The van der Waals surface area contributed by atoms with E-state index in [4.69, 9.17) is 0 Å². The smallest absolute Gasteiger partial charge is 0.105 e. The number of unbranched alkanes of at least 4 members (excludes halogenated alkanes) is 13. The molecule has 0 radical (unpaired) electrons. The molecule has 0 aliphatic rings. The van der Waals surface area contributed by atoms with Crippen molar-refractivity contribution < 1.29 is 0 Å². The Labute approximate surface area is 145 Å². The predicted octanol–water partition coefficient (Wildman–Crippen LogP) is 6.75. The highest BCUT2D eigenvalue weighted by Crippen LogP contribution is 2.13. The van der Waals surface area contributed by atoms with Crippen LogP contribution < -0.4 is 0 Å². The summed E-state index contributed by atoms with van der Waals surface area (Å²) < 4.78 is 2.12. The first-order chi connectivity index (χ1) is 11.2. The lowest BCUT2D eigenvalue weighted by atomic mass is 10.0. The lowest BCUT2D eigenvalue weighted by Gasteiger charge is -2.03. The first-order valence-corrected chi connectivity index (χ1v) is 10.2. The first-order valence-electron chi connectivity index (χ1n) is 10.2. The second-order valence-corrected chi connectivity index (χ2v) is 7.24. The Morgan fingerprint density at radius 1 is 0.739 bits per heavy atom. The number of aryl methyl sites for hydroxylation is 3. The van der Waals surface area contributed by atoms with Gasteiger partial charge in [-0.25, -0.2) is 4.98 Å². The van der Waals surface area contributed by atoms with Gasteiger partial charge < -0.3 is 4.57 Å². The highest BCUT2D eigenvalue weighted by molar-refractivity contribution is 5.02. The van der Waals surface area contributed by atoms with Crippen molar-refractivity contribution in [1.82, 2.24) is 9.55 Å². The summed E-state index contributed by atoms with van der Waals surface area (Å²) >= 11 is 0. The van der Waals surface area contributed by atoms with Crippen LogP contribution in [0.25, 0.3) is 0 Å². The van der Waals surface area contributed by atoms with Gasteiger partial charge in [-0.2, -0.15) is 0 Å². The molecule has 0 saturated heterocycles. The van der Waals surface area contributed by atoms with Crippen LogP contribution in [0.4, 0.5) is 0 Å². The van der Waals surface area contributed by atoms with Gasteiger partial charge in [-0.3, -0.25) is 0 Å². The average molecular weight is 321 g/mol. The van der Waals surface area contributed by atoms with Crippen molar-refractivity contribution in [2.24, 2.45) is 7.05 Å². The molecule has 134 valence electrons. The van der Waals surface area contributed by atoms with Crippen molar-refractivity contribution >= 4 is 0 Å². The molecule has 0 aliphatic carbocycles. The number of imidazole rings is 1. The molecule has 23 heavy (non-hydrogen) atoms. The van der Waals surface area contributed by atoms with Crippen LogP contribution in [0.5, 0.6) is 0 Å². The van der Waals surface area contributed by atoms with Crippen LogP contribution in [0.1, 0.15) is 108 Å². The minimum absolute atomic E-state index is 1.13. The van der Waals surface area contributed by atoms with Crippen LogP contribution in [-0.2, 0) is 13.5 Å². The zero-order valence-electron chi connectivity index (χ0n) is 16.1. The summed E-state index contributed by atoms with van der Waals surface area (Å²) in [6.45, 7) is 4.37. The lowest BCUT2D eigenvalue weighted by molar-refractivity contribution is 0.535. The molecule has 0 spiro atoms. The Morgan fingerprint density at radius 3 is 1.57 bits per heavy atom. The minimum atomic E-state index is 1.13. The molecule has 0 aromatic carbocycles. The van der Waals surface area contributed by atoms with E-state index in [0.717, 1.165) is 12.2 Å². The highest BCUT2D eigenvalue weighted by atomic mass is 15.0. The van der Waals surface area contributed by atoms with E-state index >= 15 is 0 Å². The maximum atomic E-state index is 4.57. The zero-order valence-corrected chi connectivity index (χ0v) is 16.1. The molecule has 0 unspecified atom stereocenters. The fourth-order valence-electron chi connectivity index (χ4n) is 3.25. The van der Waals surface area contributed by atoms with Gasteiger partial charge in [0.25, 0.3) is 0 Å². The summed E-state index contributed by atoms with van der Waals surface area (Å²) in [5.41, 5.74) is 1.27. The molecule has 2 heteroatoms. The summed E-state index contributed by atoms with van der Waals surface area (Å²) in [5.74, 6) is 1.13. The zero-order chi connectivity index (χ0) is 16.8. The number of hydrogen-bond acceptors (Lipinski definition) is 1. The van der Waals surface area contributed by atoms with Gasteiger partial charge in [-0.1, -0.05) is 90.4 Å². The molecule has 1 rings (SSSR count). The molecule has 0 bridgehead atoms. The van der Waals surface area contributed by atoms with Crippen molar-refractivity contribution in [1.29, 1.82) is 0 Å². The van der Waals surface area contributed by atoms with Crippen molar-refractivity contribution in [2.75, 3.05) is 0 Å². The average Bonchev–Trinajstić information content (AvgIpc) is 2.86. The molecule has 0 saturated carbocycles. The first kappa shape index (κ1) is 20.3. The fraction of sp³-hybridized carbons (Fsp3) is 0.857. The Bertz CT molecular complexity index is 362. The van der Waals surface area contributed by atoms with Crippen LogP contribution in [0.15, 0.2) is 6.20 Å². The molecule has 2 nitrogen and oxygen atoms in total. The second-order valence-electron chi connectivity index (χ2n) is 7.24. The normalized spacial score (nSPS) is 11.3. The van der Waals surface area contributed by atoms with Crippen molar-refractivity contribution in [3.8, 4) is 0 Å². The van der Waals surface area contributed by atoms with Gasteiger partial charge in [-0.05, 0) is 19.8 Å². The van der Waals surface area contributed by atoms with Gasteiger partial charge >= 0.3 is 0 Å². The van der Waals surface area contributed by atoms with Crippen LogP contribution >= 0.6 is 0 Å². The third kappa shape index (κ3) is 10.6. The molecule has 1 heterocycles. The molecule has 1 aromatic rings. The third-order valence-electron chi connectivity index (χ3n) is 4.94. The van der Waals surface area contributed by atoms with Gasteiger partial charge in [0.05, 0.1) is 5.69 Å².